The number of hydrogen-bond acceptors (Lipinski definition) is 5. The number of allylic oxidation sites excluding steroid dienone is 5. The van der Waals surface area contributed by atoms with Crippen LogP contribution >= 0.6 is 0 Å². The maximum atomic E-state index is 13.3. The minimum atomic E-state index is -0.294. The Balaban J connectivity index is 1.22. The van der Waals surface area contributed by atoms with Crippen LogP contribution in [0.1, 0.15) is 50.7 Å². The Kier molecular flexibility index (Phi) is 8.32. The third kappa shape index (κ3) is 5.33. The van der Waals surface area contributed by atoms with Gasteiger partial charge in [0, 0.05) is 42.5 Å². The largest absolute Gasteiger partial charge is 0.506 e. The molecule has 2 aliphatic rings. The number of aliphatic hydroxyl groups is 1. The van der Waals surface area contributed by atoms with Crippen molar-refractivity contribution in [3.63, 3.8) is 0 Å². The van der Waals surface area contributed by atoms with Crippen LogP contribution in [0.15, 0.2) is 124 Å². The van der Waals surface area contributed by atoms with E-state index in [0.29, 0.717) is 10.4 Å². The zero-order valence-corrected chi connectivity index (χ0v) is 27.2. The molecule has 0 saturated carbocycles. The topological polar surface area (TPSA) is 78.6 Å². The van der Waals surface area contributed by atoms with Gasteiger partial charge in [-0.3, -0.25) is 14.4 Å². The number of hydrogen-bond donors (Lipinski definition) is 1. The Morgan fingerprint density at radius 2 is 1.50 bits per heavy atom. The van der Waals surface area contributed by atoms with E-state index in [1.807, 2.05) is 60.9 Å². The SMILES string of the molecule is CCCCN1C=C/C(=C/C2=C(O)C(=c3ccc(=c4c(=O)c(=Cc5cc[n+](CCCC)c6ccccc56)c4=O)cc3)C2=O)c2ccccc21. The second-order valence-corrected chi connectivity index (χ2v) is 12.4. The molecule has 0 spiro atoms. The number of aliphatic hydroxyl groups excluding tert-OH is 1. The highest BCUT2D eigenvalue weighted by Crippen LogP contribution is 2.37. The average Bonchev–Trinajstić information content (AvgIpc) is 3.12. The maximum Gasteiger partial charge on any atom is 0.213 e. The van der Waals surface area contributed by atoms with Crippen LogP contribution in [0.5, 0.6) is 0 Å². The molecule has 4 aromatic carbocycles. The van der Waals surface area contributed by atoms with Gasteiger partial charge in [0.2, 0.25) is 22.2 Å². The van der Waals surface area contributed by atoms with Crippen molar-refractivity contribution >= 4 is 39.6 Å². The molecular weight excluding hydrogens is 596 g/mol. The lowest BCUT2D eigenvalue weighted by molar-refractivity contribution is -0.671. The highest BCUT2D eigenvalue weighted by molar-refractivity contribution is 6.37. The van der Waals surface area contributed by atoms with Gasteiger partial charge in [0.05, 0.1) is 27.0 Å². The molecule has 0 saturated heterocycles. The second kappa shape index (κ2) is 12.9. The number of para-hydroxylation sites is 2. The molecule has 0 unspecified atom stereocenters. The molecule has 0 fully saturated rings. The van der Waals surface area contributed by atoms with Gasteiger partial charge in [-0.05, 0) is 58.4 Å². The summed E-state index contributed by atoms with van der Waals surface area (Å²) in [5.41, 5.74) is 4.76. The number of ketones is 1. The molecule has 6 nitrogen and oxygen atoms in total. The van der Waals surface area contributed by atoms with E-state index in [2.05, 4.69) is 35.4 Å². The maximum absolute atomic E-state index is 13.3. The van der Waals surface area contributed by atoms with E-state index >= 15 is 0 Å². The zero-order valence-electron chi connectivity index (χ0n) is 27.2. The van der Waals surface area contributed by atoms with Crippen molar-refractivity contribution in [2.75, 3.05) is 11.4 Å². The molecule has 0 amide bonds. The summed E-state index contributed by atoms with van der Waals surface area (Å²) in [7, 11) is 0. The fourth-order valence-electron chi connectivity index (χ4n) is 6.66. The molecule has 0 bridgehead atoms. The van der Waals surface area contributed by atoms with Crippen molar-refractivity contribution in [3.05, 3.63) is 167 Å². The number of aryl methyl sites for hydroxylation is 1. The first-order chi connectivity index (χ1) is 23.4. The first-order valence-corrected chi connectivity index (χ1v) is 16.7. The number of aromatic nitrogens is 1. The van der Waals surface area contributed by atoms with Gasteiger partial charge < -0.3 is 10.0 Å². The van der Waals surface area contributed by atoms with Crippen LogP contribution in [0.25, 0.3) is 28.1 Å². The summed E-state index contributed by atoms with van der Waals surface area (Å²) in [5, 5.41) is 13.3. The molecule has 2 heterocycles. The Bertz CT molecular complexity index is 2460. The van der Waals surface area contributed by atoms with Gasteiger partial charge in [-0.25, -0.2) is 0 Å². The van der Waals surface area contributed by atoms with Crippen molar-refractivity contribution in [1.29, 1.82) is 0 Å². The number of Topliss-reactive ketones (excluding diaryl/α,β-unsaturated/α-hetero) is 1. The number of fused-ring (bicyclic) bond motifs is 2. The van der Waals surface area contributed by atoms with E-state index in [0.717, 1.165) is 72.1 Å². The highest BCUT2D eigenvalue weighted by atomic mass is 16.3. The van der Waals surface area contributed by atoms with Crippen LogP contribution in [-0.2, 0) is 11.3 Å². The fraction of sp³-hybridized carbons (Fsp3) is 0.190. The van der Waals surface area contributed by atoms with Crippen LogP contribution in [0.4, 0.5) is 5.69 Å². The highest BCUT2D eigenvalue weighted by Gasteiger charge is 2.33. The molecule has 1 aromatic heterocycles. The van der Waals surface area contributed by atoms with Gasteiger partial charge in [-0.15, -0.1) is 0 Å². The Labute approximate surface area is 278 Å². The molecule has 1 aliphatic heterocycles. The van der Waals surface area contributed by atoms with Crippen molar-refractivity contribution in [2.45, 2.75) is 46.1 Å². The molecule has 0 atom stereocenters. The third-order valence-electron chi connectivity index (χ3n) is 9.39. The smallest absolute Gasteiger partial charge is 0.213 e. The fourth-order valence-corrected chi connectivity index (χ4v) is 6.66. The van der Waals surface area contributed by atoms with Crippen LogP contribution in [0, 0.1) is 10.4 Å². The van der Waals surface area contributed by atoms with E-state index < -0.39 is 0 Å². The number of benzene rings is 3. The number of carbonyl (C=O) groups excluding carboxylic acids is 1. The minimum absolute atomic E-state index is 0.0562. The Morgan fingerprint density at radius 1 is 0.792 bits per heavy atom. The summed E-state index contributed by atoms with van der Waals surface area (Å²) in [6.45, 7) is 6.14. The minimum Gasteiger partial charge on any atom is -0.506 e. The quantitative estimate of drug-likeness (QED) is 0.232. The van der Waals surface area contributed by atoms with Gasteiger partial charge in [-0.1, -0.05) is 81.3 Å². The zero-order chi connectivity index (χ0) is 33.4. The average molecular weight is 634 g/mol. The first kappa shape index (κ1) is 31.0. The summed E-state index contributed by atoms with van der Waals surface area (Å²) in [4.78, 5) is 42.0. The summed E-state index contributed by atoms with van der Waals surface area (Å²) < 4.78 is 2.20. The van der Waals surface area contributed by atoms with Crippen LogP contribution in [-0.4, -0.2) is 17.4 Å². The Morgan fingerprint density at radius 3 is 2.25 bits per heavy atom. The summed E-state index contributed by atoms with van der Waals surface area (Å²) in [5.74, 6) is -0.300. The summed E-state index contributed by atoms with van der Waals surface area (Å²) >= 11 is 0. The molecule has 6 heteroatoms. The van der Waals surface area contributed by atoms with Gasteiger partial charge in [-0.2, -0.15) is 4.57 Å². The van der Waals surface area contributed by atoms with E-state index in [1.165, 1.54) is 0 Å². The second-order valence-electron chi connectivity index (χ2n) is 12.4. The number of rotatable bonds is 8. The van der Waals surface area contributed by atoms with Crippen LogP contribution in [0.2, 0.25) is 0 Å². The number of nitrogens with zero attached hydrogens (tertiary/aromatic N) is 2. The first-order valence-electron chi connectivity index (χ1n) is 16.7. The molecule has 48 heavy (non-hydrogen) atoms. The Hall–Kier alpha value is -5.62. The van der Waals surface area contributed by atoms with Gasteiger partial charge >= 0.3 is 0 Å². The predicted octanol–water partition coefficient (Wildman–Crippen LogP) is 5.40. The number of unbranched alkanes of at least 4 members (excludes halogenated alkanes) is 2. The van der Waals surface area contributed by atoms with Gasteiger partial charge in [0.1, 0.15) is 12.3 Å². The normalized spacial score (nSPS) is 15.0. The van der Waals surface area contributed by atoms with E-state index in [1.54, 1.807) is 36.4 Å². The number of anilines is 1. The van der Waals surface area contributed by atoms with E-state index in [-0.39, 0.29) is 44.0 Å². The van der Waals surface area contributed by atoms with Crippen molar-refractivity contribution in [1.82, 2.24) is 0 Å². The summed E-state index contributed by atoms with van der Waals surface area (Å²) in [6, 6.07) is 24.8. The number of pyridine rings is 1. The molecular formula is C42H37N2O4+. The van der Waals surface area contributed by atoms with Crippen LogP contribution in [0.3, 0.4) is 0 Å². The van der Waals surface area contributed by atoms with Gasteiger partial charge in [0.15, 0.2) is 6.20 Å². The summed E-state index contributed by atoms with van der Waals surface area (Å²) in [6.07, 6.45) is 13.8. The van der Waals surface area contributed by atoms with Crippen molar-refractivity contribution in [3.8, 4) is 0 Å². The monoisotopic (exact) mass is 633 g/mol. The number of carbonyl (C=O) groups is 1. The molecule has 7 rings (SSSR count). The lowest BCUT2D eigenvalue weighted by atomic mass is 9.84. The lowest BCUT2D eigenvalue weighted by Crippen LogP contribution is -2.49. The molecule has 1 aliphatic carbocycles. The van der Waals surface area contributed by atoms with Crippen LogP contribution < -0.4 is 30.8 Å². The standard InChI is InChI=1S/C42H36N2O4/c1-3-5-21-43-23-19-29(31-11-7-9-13-35(31)43)25-33-39(45)37(40(33)46)27-15-17-28(18-16-27)38-41(47)34(42(38)48)26-30-20-24-44(22-6-4-2)36-14-10-8-12-32(30)36/h7-20,23-26H,3-6,21-22H2,1-2H3/p+1/b29-25-. The third-order valence-corrected chi connectivity index (χ3v) is 9.39. The van der Waals surface area contributed by atoms with Crippen molar-refractivity contribution < 1.29 is 14.5 Å². The van der Waals surface area contributed by atoms with E-state index in [4.69, 9.17) is 0 Å². The van der Waals surface area contributed by atoms with Crippen molar-refractivity contribution in [2.24, 2.45) is 0 Å². The molecule has 0 radical (unpaired) electrons. The molecule has 5 aromatic rings. The lowest BCUT2D eigenvalue weighted by Gasteiger charge is -2.28. The molecule has 238 valence electrons. The predicted molar refractivity (Wildman–Crippen MR) is 191 cm³/mol. The van der Waals surface area contributed by atoms with Gasteiger partial charge in [0.25, 0.3) is 0 Å². The molecule has 1 N–H and O–H groups in total. The van der Waals surface area contributed by atoms with E-state index in [9.17, 15) is 19.5 Å².